The molecule has 2 saturated heterocycles. The van der Waals surface area contributed by atoms with Crippen molar-refractivity contribution in [2.24, 2.45) is 0 Å². The molecule has 4 rings (SSSR count). The highest BCUT2D eigenvalue weighted by atomic mass is 16.6. The number of hydrogen-bond acceptors (Lipinski definition) is 5. The molecule has 0 bridgehead atoms. The van der Waals surface area contributed by atoms with Crippen LogP contribution in [0.1, 0.15) is 37.7 Å². The highest BCUT2D eigenvalue weighted by Crippen LogP contribution is 2.25. The highest BCUT2D eigenvalue weighted by molar-refractivity contribution is 5.88. The van der Waals surface area contributed by atoms with Crippen molar-refractivity contribution in [2.45, 2.75) is 50.9 Å². The molecule has 0 N–H and O–H groups in total. The van der Waals surface area contributed by atoms with Crippen LogP contribution in [0.25, 0.3) is 0 Å². The van der Waals surface area contributed by atoms with Gasteiger partial charge in [0.05, 0.1) is 25.8 Å². The Morgan fingerprint density at radius 1 is 1.06 bits per heavy atom. The first-order valence-corrected chi connectivity index (χ1v) is 11.2. The lowest BCUT2D eigenvalue weighted by Crippen LogP contribution is -2.46. The largest absolute Gasteiger partial charge is 0.448 e. The van der Waals surface area contributed by atoms with E-state index in [4.69, 9.17) is 9.47 Å². The third-order valence-electron chi connectivity index (χ3n) is 6.34. The van der Waals surface area contributed by atoms with Crippen molar-refractivity contribution in [3.63, 3.8) is 0 Å². The molecule has 8 heteroatoms. The van der Waals surface area contributed by atoms with Crippen LogP contribution in [0.15, 0.2) is 30.3 Å². The minimum atomic E-state index is -0.477. The van der Waals surface area contributed by atoms with E-state index in [0.29, 0.717) is 32.8 Å². The number of carbonyl (C=O) groups is 3. The van der Waals surface area contributed by atoms with Crippen LogP contribution in [0.3, 0.4) is 0 Å². The normalized spacial score (nSPS) is 23.1. The van der Waals surface area contributed by atoms with Crippen LogP contribution < -0.4 is 0 Å². The zero-order valence-electron chi connectivity index (χ0n) is 17.9. The number of carbonyl (C=O) groups excluding carboxylic acids is 3. The summed E-state index contributed by atoms with van der Waals surface area (Å²) >= 11 is 0. The molecule has 0 aromatic heterocycles. The SMILES string of the molecule is O=C(CN1CCOC1=O)N1CC(=O)N(C2CCCCC2)C[C@H](OCc2ccccc2)C1. The molecular weight excluding hydrogens is 398 g/mol. The van der Waals surface area contributed by atoms with Crippen LogP contribution in [0.2, 0.25) is 0 Å². The van der Waals surface area contributed by atoms with Crippen LogP contribution in [0.5, 0.6) is 0 Å². The van der Waals surface area contributed by atoms with Gasteiger partial charge < -0.3 is 19.3 Å². The Bertz CT molecular complexity index is 781. The number of amides is 3. The molecule has 1 saturated carbocycles. The van der Waals surface area contributed by atoms with Crippen molar-refractivity contribution in [3.8, 4) is 0 Å². The monoisotopic (exact) mass is 429 g/mol. The molecule has 1 aromatic rings. The number of cyclic esters (lactones) is 1. The Kier molecular flexibility index (Phi) is 7.06. The van der Waals surface area contributed by atoms with Crippen LogP contribution in [-0.4, -0.2) is 84.1 Å². The summed E-state index contributed by atoms with van der Waals surface area (Å²) in [6.07, 6.45) is 4.73. The fourth-order valence-electron chi connectivity index (χ4n) is 4.61. The van der Waals surface area contributed by atoms with Crippen LogP contribution in [-0.2, 0) is 25.7 Å². The van der Waals surface area contributed by atoms with Crippen molar-refractivity contribution in [3.05, 3.63) is 35.9 Å². The van der Waals surface area contributed by atoms with Gasteiger partial charge >= 0.3 is 6.09 Å². The van der Waals surface area contributed by atoms with Gasteiger partial charge in [-0.1, -0.05) is 49.6 Å². The predicted molar refractivity (Wildman–Crippen MR) is 113 cm³/mol. The Labute approximate surface area is 183 Å². The van der Waals surface area contributed by atoms with E-state index in [1.54, 1.807) is 4.90 Å². The molecule has 0 radical (unpaired) electrons. The summed E-state index contributed by atoms with van der Waals surface area (Å²) in [5, 5.41) is 0. The van der Waals surface area contributed by atoms with Gasteiger partial charge in [0, 0.05) is 19.1 Å². The first-order chi connectivity index (χ1) is 15.1. The first-order valence-electron chi connectivity index (χ1n) is 11.2. The van der Waals surface area contributed by atoms with E-state index in [0.717, 1.165) is 31.2 Å². The van der Waals surface area contributed by atoms with Crippen LogP contribution in [0.4, 0.5) is 4.79 Å². The Morgan fingerprint density at radius 2 is 1.84 bits per heavy atom. The molecule has 1 atom stereocenters. The lowest BCUT2D eigenvalue weighted by molar-refractivity contribution is -0.140. The van der Waals surface area contributed by atoms with Crippen LogP contribution >= 0.6 is 0 Å². The third kappa shape index (κ3) is 5.55. The fraction of sp³-hybridized carbons (Fsp3) is 0.609. The minimum absolute atomic E-state index is 0.0312. The molecule has 31 heavy (non-hydrogen) atoms. The van der Waals surface area contributed by atoms with Crippen molar-refractivity contribution >= 4 is 17.9 Å². The van der Waals surface area contributed by atoms with Gasteiger partial charge in [-0.2, -0.15) is 0 Å². The third-order valence-corrected chi connectivity index (χ3v) is 6.34. The standard InChI is InChI=1S/C23H31N3O5/c27-21(15-24-11-12-30-23(24)29)25-13-20(31-17-18-7-3-1-4-8-18)14-26(22(28)16-25)19-9-5-2-6-10-19/h1,3-4,7-8,19-20H,2,5-6,9-17H2/t20-/m1/s1. The van der Waals surface area contributed by atoms with E-state index in [1.165, 1.54) is 11.3 Å². The molecule has 3 amide bonds. The summed E-state index contributed by atoms with van der Waals surface area (Å²) in [6.45, 7) is 1.91. The van der Waals surface area contributed by atoms with Crippen molar-refractivity contribution in [1.82, 2.24) is 14.7 Å². The molecule has 2 aliphatic heterocycles. The maximum Gasteiger partial charge on any atom is 0.410 e. The number of hydrogen-bond donors (Lipinski definition) is 0. The number of nitrogens with zero attached hydrogens (tertiary/aromatic N) is 3. The summed E-state index contributed by atoms with van der Waals surface area (Å²) in [6, 6.07) is 10.1. The average Bonchev–Trinajstić information content (AvgIpc) is 3.11. The van der Waals surface area contributed by atoms with E-state index in [9.17, 15) is 14.4 Å². The molecule has 3 fully saturated rings. The van der Waals surface area contributed by atoms with Gasteiger partial charge in [0.1, 0.15) is 13.2 Å². The first kappa shape index (κ1) is 21.6. The number of benzene rings is 1. The van der Waals surface area contributed by atoms with E-state index in [2.05, 4.69) is 0 Å². The molecule has 0 unspecified atom stereocenters. The van der Waals surface area contributed by atoms with E-state index >= 15 is 0 Å². The molecule has 2 heterocycles. The highest BCUT2D eigenvalue weighted by Gasteiger charge is 2.36. The second-order valence-electron chi connectivity index (χ2n) is 8.57. The van der Waals surface area contributed by atoms with Gasteiger partial charge in [-0.05, 0) is 18.4 Å². The maximum absolute atomic E-state index is 13.1. The predicted octanol–water partition coefficient (Wildman–Crippen LogP) is 2.03. The Morgan fingerprint density at radius 3 is 2.55 bits per heavy atom. The van der Waals surface area contributed by atoms with Gasteiger partial charge in [-0.3, -0.25) is 14.5 Å². The average molecular weight is 430 g/mol. The van der Waals surface area contributed by atoms with Crippen molar-refractivity contribution in [1.29, 1.82) is 0 Å². The molecule has 8 nitrogen and oxygen atoms in total. The lowest BCUT2D eigenvalue weighted by Gasteiger charge is -2.34. The quantitative estimate of drug-likeness (QED) is 0.691. The summed E-state index contributed by atoms with van der Waals surface area (Å²) < 4.78 is 11.1. The summed E-state index contributed by atoms with van der Waals surface area (Å²) in [7, 11) is 0. The topological polar surface area (TPSA) is 79.4 Å². The molecule has 1 aliphatic carbocycles. The molecular formula is C23H31N3O5. The number of rotatable bonds is 6. The summed E-state index contributed by atoms with van der Waals surface area (Å²) in [5.41, 5.74) is 1.06. The zero-order chi connectivity index (χ0) is 21.6. The second kappa shape index (κ2) is 10.1. The lowest BCUT2D eigenvalue weighted by atomic mass is 9.94. The summed E-state index contributed by atoms with van der Waals surface area (Å²) in [5.74, 6) is -0.277. The van der Waals surface area contributed by atoms with Gasteiger partial charge in [0.15, 0.2) is 0 Å². The van der Waals surface area contributed by atoms with Gasteiger partial charge in [-0.15, -0.1) is 0 Å². The van der Waals surface area contributed by atoms with Gasteiger partial charge in [-0.25, -0.2) is 4.79 Å². The Hall–Kier alpha value is -2.61. The van der Waals surface area contributed by atoms with E-state index in [-0.39, 0.29) is 37.0 Å². The second-order valence-corrected chi connectivity index (χ2v) is 8.57. The van der Waals surface area contributed by atoms with Gasteiger partial charge in [0.2, 0.25) is 11.8 Å². The van der Waals surface area contributed by atoms with Crippen molar-refractivity contribution < 1.29 is 23.9 Å². The Balaban J connectivity index is 1.46. The van der Waals surface area contributed by atoms with E-state index < -0.39 is 6.09 Å². The molecule has 0 spiro atoms. The van der Waals surface area contributed by atoms with Crippen LogP contribution in [0, 0.1) is 0 Å². The number of ether oxygens (including phenoxy) is 2. The summed E-state index contributed by atoms with van der Waals surface area (Å²) in [4.78, 5) is 42.7. The fourth-order valence-corrected chi connectivity index (χ4v) is 4.61. The molecule has 1 aromatic carbocycles. The smallest absolute Gasteiger partial charge is 0.410 e. The van der Waals surface area contributed by atoms with Gasteiger partial charge in [0.25, 0.3) is 0 Å². The minimum Gasteiger partial charge on any atom is -0.448 e. The van der Waals surface area contributed by atoms with E-state index in [1.807, 2.05) is 35.2 Å². The molecule has 168 valence electrons. The maximum atomic E-state index is 13.1. The molecule has 3 aliphatic rings. The zero-order valence-corrected chi connectivity index (χ0v) is 17.9. The van der Waals surface area contributed by atoms with Crippen molar-refractivity contribution in [2.75, 3.05) is 39.3 Å².